The molecule has 1 unspecified atom stereocenters. The quantitative estimate of drug-likeness (QED) is 0.644. The molecule has 6 nitrogen and oxygen atoms in total. The minimum absolute atomic E-state index is 0.120. The lowest BCUT2D eigenvalue weighted by Gasteiger charge is -2.38. The van der Waals surface area contributed by atoms with Gasteiger partial charge in [-0.1, -0.05) is 55.3 Å². The maximum Gasteiger partial charge on any atom is 0.237 e. The van der Waals surface area contributed by atoms with Crippen molar-refractivity contribution < 1.29 is 13.2 Å². The number of piperazine rings is 1. The highest BCUT2D eigenvalue weighted by Crippen LogP contribution is 2.29. The van der Waals surface area contributed by atoms with Crippen LogP contribution in [0.5, 0.6) is 0 Å². The zero-order chi connectivity index (χ0) is 21.7. The molecule has 0 radical (unpaired) electrons. The van der Waals surface area contributed by atoms with E-state index in [0.717, 1.165) is 58.4 Å². The normalized spacial score (nSPS) is 25.4. The van der Waals surface area contributed by atoms with E-state index in [4.69, 9.17) is 0 Å². The maximum atomic E-state index is 13.3. The first kappa shape index (κ1) is 22.5. The molecule has 0 N–H and O–H groups in total. The summed E-state index contributed by atoms with van der Waals surface area (Å²) in [6.07, 6.45) is 9.29. The zero-order valence-corrected chi connectivity index (χ0v) is 19.2. The summed E-state index contributed by atoms with van der Waals surface area (Å²) >= 11 is 0. The first-order valence-corrected chi connectivity index (χ1v) is 13.5. The molecule has 1 aliphatic carbocycles. The Bertz CT molecular complexity index is 857. The van der Waals surface area contributed by atoms with Crippen molar-refractivity contribution >= 4 is 21.8 Å². The van der Waals surface area contributed by atoms with Gasteiger partial charge in [-0.3, -0.25) is 14.6 Å². The Kier molecular flexibility index (Phi) is 7.46. The number of rotatable bonds is 7. The van der Waals surface area contributed by atoms with Crippen LogP contribution >= 0.6 is 0 Å². The second-order valence-corrected chi connectivity index (χ2v) is 11.4. The molecule has 1 aromatic rings. The lowest BCUT2D eigenvalue weighted by Crippen LogP contribution is -2.53. The minimum atomic E-state index is -2.99. The van der Waals surface area contributed by atoms with Crippen molar-refractivity contribution in [2.75, 3.05) is 50.8 Å². The average Bonchev–Trinajstić information content (AvgIpc) is 3.40. The zero-order valence-electron chi connectivity index (χ0n) is 18.4. The van der Waals surface area contributed by atoms with Crippen molar-refractivity contribution in [1.29, 1.82) is 0 Å². The Labute approximate surface area is 186 Å². The number of hydrogen-bond acceptors (Lipinski definition) is 5. The molecule has 1 saturated carbocycles. The highest BCUT2D eigenvalue weighted by molar-refractivity contribution is 7.91. The smallest absolute Gasteiger partial charge is 0.237 e. The van der Waals surface area contributed by atoms with Gasteiger partial charge in [-0.25, -0.2) is 8.42 Å². The molecule has 7 heteroatoms. The number of benzene rings is 1. The van der Waals surface area contributed by atoms with E-state index in [-0.39, 0.29) is 29.5 Å². The predicted octanol–water partition coefficient (Wildman–Crippen LogP) is 2.28. The van der Waals surface area contributed by atoms with Gasteiger partial charge in [0.05, 0.1) is 18.1 Å². The van der Waals surface area contributed by atoms with Crippen molar-refractivity contribution in [3.05, 3.63) is 42.0 Å². The monoisotopic (exact) mass is 445 g/mol. The van der Waals surface area contributed by atoms with Crippen LogP contribution in [0.1, 0.15) is 37.7 Å². The molecule has 4 rings (SSSR count). The minimum Gasteiger partial charge on any atom is -0.335 e. The summed E-state index contributed by atoms with van der Waals surface area (Å²) in [5.74, 6) is 0.506. The topological polar surface area (TPSA) is 60.9 Å². The van der Waals surface area contributed by atoms with E-state index in [1.54, 1.807) is 0 Å². The summed E-state index contributed by atoms with van der Waals surface area (Å²) < 4.78 is 24.1. The molecule has 2 saturated heterocycles. The van der Waals surface area contributed by atoms with Crippen LogP contribution in [0.3, 0.4) is 0 Å². The lowest BCUT2D eigenvalue weighted by atomic mass is 10.1. The fraction of sp³-hybridized carbons (Fsp3) is 0.625. The van der Waals surface area contributed by atoms with E-state index in [0.29, 0.717) is 13.0 Å². The van der Waals surface area contributed by atoms with Crippen molar-refractivity contribution in [1.82, 2.24) is 14.7 Å². The molecule has 0 spiro atoms. The predicted molar refractivity (Wildman–Crippen MR) is 125 cm³/mol. The van der Waals surface area contributed by atoms with Crippen molar-refractivity contribution in [3.63, 3.8) is 0 Å². The first-order chi connectivity index (χ1) is 15.0. The summed E-state index contributed by atoms with van der Waals surface area (Å²) in [7, 11) is -2.99. The van der Waals surface area contributed by atoms with Gasteiger partial charge in [-0.2, -0.15) is 0 Å². The van der Waals surface area contributed by atoms with Crippen molar-refractivity contribution in [3.8, 4) is 0 Å². The lowest BCUT2D eigenvalue weighted by molar-refractivity contribution is -0.137. The first-order valence-electron chi connectivity index (χ1n) is 11.7. The van der Waals surface area contributed by atoms with Crippen LogP contribution in [0.15, 0.2) is 36.4 Å². The third-order valence-corrected chi connectivity index (χ3v) is 8.66. The van der Waals surface area contributed by atoms with Gasteiger partial charge in [0.2, 0.25) is 5.91 Å². The molecule has 0 bridgehead atoms. The second-order valence-electron chi connectivity index (χ2n) is 9.19. The number of nitrogens with zero attached hydrogens (tertiary/aromatic N) is 3. The van der Waals surface area contributed by atoms with Crippen LogP contribution in [0.25, 0.3) is 6.08 Å². The van der Waals surface area contributed by atoms with Gasteiger partial charge in [0.15, 0.2) is 9.84 Å². The summed E-state index contributed by atoms with van der Waals surface area (Å²) in [5, 5.41) is 0. The van der Waals surface area contributed by atoms with Gasteiger partial charge in [0.1, 0.15) is 0 Å². The fourth-order valence-corrected chi connectivity index (χ4v) is 6.90. The van der Waals surface area contributed by atoms with Gasteiger partial charge in [-0.05, 0) is 24.8 Å². The van der Waals surface area contributed by atoms with E-state index in [9.17, 15) is 13.2 Å². The van der Waals surface area contributed by atoms with Gasteiger partial charge in [0.25, 0.3) is 0 Å². The van der Waals surface area contributed by atoms with E-state index < -0.39 is 9.84 Å². The van der Waals surface area contributed by atoms with Gasteiger partial charge < -0.3 is 4.90 Å². The maximum absolute atomic E-state index is 13.3. The Morgan fingerprint density at radius 1 is 0.968 bits per heavy atom. The van der Waals surface area contributed by atoms with E-state index >= 15 is 0 Å². The number of amides is 1. The van der Waals surface area contributed by atoms with E-state index in [1.807, 2.05) is 23.1 Å². The van der Waals surface area contributed by atoms with Crippen LogP contribution in [0.2, 0.25) is 0 Å². The molecule has 1 amide bonds. The Morgan fingerprint density at radius 2 is 1.65 bits per heavy atom. The molecule has 170 valence electrons. The molecule has 0 aromatic heterocycles. The number of sulfone groups is 1. The fourth-order valence-electron chi connectivity index (χ4n) is 5.19. The third kappa shape index (κ3) is 6.18. The van der Waals surface area contributed by atoms with Crippen molar-refractivity contribution in [2.24, 2.45) is 0 Å². The van der Waals surface area contributed by atoms with Crippen LogP contribution in [-0.4, -0.2) is 91.9 Å². The largest absolute Gasteiger partial charge is 0.335 e. The van der Waals surface area contributed by atoms with Crippen molar-refractivity contribution in [2.45, 2.75) is 44.2 Å². The Hall–Kier alpha value is -1.70. The molecule has 1 aromatic carbocycles. The number of carbonyl (C=O) groups excluding carboxylic acids is 1. The Morgan fingerprint density at radius 3 is 2.29 bits per heavy atom. The molecular weight excluding hydrogens is 410 g/mol. The molecule has 2 heterocycles. The molecule has 1 atom stereocenters. The summed E-state index contributed by atoms with van der Waals surface area (Å²) in [4.78, 5) is 19.9. The van der Waals surface area contributed by atoms with Crippen LogP contribution in [-0.2, 0) is 14.6 Å². The molecule has 2 aliphatic heterocycles. The van der Waals surface area contributed by atoms with Crippen LogP contribution < -0.4 is 0 Å². The van der Waals surface area contributed by atoms with Gasteiger partial charge in [-0.15, -0.1) is 0 Å². The van der Waals surface area contributed by atoms with E-state index in [1.165, 1.54) is 5.56 Å². The molecular formula is C24H35N3O3S. The average molecular weight is 446 g/mol. The van der Waals surface area contributed by atoms with Crippen LogP contribution in [0.4, 0.5) is 0 Å². The highest BCUT2D eigenvalue weighted by atomic mass is 32.2. The highest BCUT2D eigenvalue weighted by Gasteiger charge is 2.39. The molecule has 3 aliphatic rings. The summed E-state index contributed by atoms with van der Waals surface area (Å²) in [6, 6.07) is 10.4. The third-order valence-electron chi connectivity index (χ3n) is 6.91. The summed E-state index contributed by atoms with van der Waals surface area (Å²) in [6.45, 7) is 5.01. The standard InChI is InChI=1S/C24H35N3O3S/c28-24(27(22-10-4-5-11-22)23-12-18-31(29,30)20-23)19-26-16-14-25(15-17-26)13-6-9-21-7-2-1-3-8-21/h1-3,6-9,22-23H,4-5,10-20H2/b9-6+. The second kappa shape index (κ2) is 10.3. The van der Waals surface area contributed by atoms with Gasteiger partial charge in [0, 0.05) is 44.8 Å². The summed E-state index contributed by atoms with van der Waals surface area (Å²) in [5.41, 5.74) is 1.22. The number of carbonyl (C=O) groups is 1. The Balaban J connectivity index is 1.27. The van der Waals surface area contributed by atoms with Gasteiger partial charge >= 0.3 is 0 Å². The van der Waals surface area contributed by atoms with E-state index in [2.05, 4.69) is 34.1 Å². The SMILES string of the molecule is O=C(CN1CCN(C/C=C/c2ccccc2)CC1)N(C1CCCC1)C1CCS(=O)(=O)C1. The number of hydrogen-bond donors (Lipinski definition) is 0. The molecule has 31 heavy (non-hydrogen) atoms. The van der Waals surface area contributed by atoms with Crippen LogP contribution in [0, 0.1) is 0 Å². The molecule has 3 fully saturated rings.